The molecule has 0 saturated heterocycles. The van der Waals surface area contributed by atoms with Crippen LogP contribution in [0.4, 0.5) is 0 Å². The van der Waals surface area contributed by atoms with Gasteiger partial charge >= 0.3 is 0 Å². The lowest BCUT2D eigenvalue weighted by Crippen LogP contribution is -2.14. The zero-order chi connectivity index (χ0) is 23.2. The molecule has 158 valence electrons. The van der Waals surface area contributed by atoms with Crippen LogP contribution in [0.3, 0.4) is 0 Å². The molecule has 0 fully saturated rings. The van der Waals surface area contributed by atoms with Crippen LogP contribution in [0.2, 0.25) is 0 Å². The Morgan fingerprint density at radius 3 is 2.00 bits per heavy atom. The molecule has 4 heterocycles. The third-order valence-corrected chi connectivity index (χ3v) is 5.61. The summed E-state index contributed by atoms with van der Waals surface area (Å²) in [7, 11) is 0. The second-order valence-electron chi connectivity index (χ2n) is 6.50. The molecule has 1 aliphatic rings. The van der Waals surface area contributed by atoms with Gasteiger partial charge in [0.1, 0.15) is 75.4 Å². The van der Waals surface area contributed by atoms with Crippen molar-refractivity contribution in [3.8, 4) is 63.3 Å². The number of furan rings is 2. The smallest absolute Gasteiger partial charge is 0.183 e. The molecule has 0 aliphatic carbocycles. The van der Waals surface area contributed by atoms with Gasteiger partial charge < -0.3 is 18.3 Å². The first-order valence-electron chi connectivity index (χ1n) is 9.56. The molecular formula is C25H13N3O4S. The van der Waals surface area contributed by atoms with E-state index in [2.05, 4.69) is 5.92 Å². The van der Waals surface area contributed by atoms with Gasteiger partial charge in [-0.25, -0.2) is 0 Å². The first-order chi connectivity index (χ1) is 16.2. The van der Waals surface area contributed by atoms with Crippen LogP contribution in [0, 0.1) is 46.3 Å². The molecule has 8 heteroatoms. The summed E-state index contributed by atoms with van der Waals surface area (Å²) in [5.41, 5.74) is 0.157. The van der Waals surface area contributed by atoms with E-state index in [9.17, 15) is 0 Å². The van der Waals surface area contributed by atoms with E-state index in [1.807, 2.05) is 6.07 Å². The summed E-state index contributed by atoms with van der Waals surface area (Å²) in [6.07, 6.45) is 11.4. The highest BCUT2D eigenvalue weighted by atomic mass is 32.1. The third-order valence-electron chi connectivity index (χ3n) is 4.43. The first-order valence-corrected chi connectivity index (χ1v) is 10.4. The van der Waals surface area contributed by atoms with Crippen LogP contribution in [0.5, 0.6) is 11.5 Å². The molecule has 4 rings (SSSR count). The summed E-state index contributed by atoms with van der Waals surface area (Å²) in [6.45, 7) is 0.803. The van der Waals surface area contributed by atoms with E-state index in [1.165, 1.54) is 23.5 Å². The minimum absolute atomic E-state index is 0.00246. The highest BCUT2D eigenvalue weighted by Crippen LogP contribution is 2.54. The molecule has 0 saturated carbocycles. The Balaban J connectivity index is 1.69. The van der Waals surface area contributed by atoms with E-state index in [0.717, 1.165) is 9.75 Å². The Bertz CT molecular complexity index is 1440. The summed E-state index contributed by atoms with van der Waals surface area (Å²) in [5, 5.41) is 26.6. The van der Waals surface area contributed by atoms with Crippen molar-refractivity contribution in [1.29, 1.82) is 15.8 Å². The van der Waals surface area contributed by atoms with Gasteiger partial charge in [0, 0.05) is 6.08 Å². The Hall–Kier alpha value is -4.89. The fourth-order valence-corrected chi connectivity index (χ4v) is 4.09. The third kappa shape index (κ3) is 4.43. The van der Waals surface area contributed by atoms with Crippen molar-refractivity contribution in [2.24, 2.45) is 0 Å². The lowest BCUT2D eigenvalue weighted by molar-refractivity contribution is 0.174. The van der Waals surface area contributed by atoms with Crippen molar-refractivity contribution in [2.75, 3.05) is 13.2 Å². The predicted octanol–water partition coefficient (Wildman–Crippen LogP) is 5.57. The largest absolute Gasteiger partial charge is 0.484 e. The van der Waals surface area contributed by atoms with Crippen molar-refractivity contribution in [1.82, 2.24) is 0 Å². The van der Waals surface area contributed by atoms with E-state index < -0.39 is 0 Å². The van der Waals surface area contributed by atoms with E-state index in [4.69, 9.17) is 40.5 Å². The van der Waals surface area contributed by atoms with Crippen LogP contribution in [0.15, 0.2) is 56.4 Å². The maximum atomic E-state index is 9.02. The predicted molar refractivity (Wildman–Crippen MR) is 121 cm³/mol. The SMILES string of the molecule is C#C/C(C#N)=C/c1ccc(-c2sc(-c3ccc(/C=C/C=C(C#N)C#N)o3)c3c2OCCO3)o1. The number of nitrogens with zero attached hydrogens (tertiary/aromatic N) is 3. The van der Waals surface area contributed by atoms with Gasteiger partial charge in [-0.2, -0.15) is 15.8 Å². The van der Waals surface area contributed by atoms with Crippen LogP contribution in [-0.4, -0.2) is 13.2 Å². The summed E-state index contributed by atoms with van der Waals surface area (Å²) in [4.78, 5) is 1.46. The van der Waals surface area contributed by atoms with Gasteiger partial charge in [0.25, 0.3) is 0 Å². The molecule has 3 aromatic heterocycles. The maximum Gasteiger partial charge on any atom is 0.183 e. The number of allylic oxidation sites excluding steroid dienone is 4. The Labute approximate surface area is 193 Å². The molecule has 0 amide bonds. The average Bonchev–Trinajstić information content (AvgIpc) is 3.58. The number of ether oxygens (including phenoxy) is 2. The number of hydrogen-bond acceptors (Lipinski definition) is 8. The number of nitriles is 3. The van der Waals surface area contributed by atoms with Gasteiger partial charge in [-0.05, 0) is 36.4 Å². The molecule has 33 heavy (non-hydrogen) atoms. The van der Waals surface area contributed by atoms with E-state index >= 15 is 0 Å². The standard InChI is InChI=1S/C25H13N3O4S/c1-2-16(13-26)12-19-7-9-21(32-19)25-23-22(29-10-11-30-23)24(33-25)20-8-6-18(31-20)5-3-4-17(14-27)15-28/h1,3-9,12H,10-11H2/b5-3+,16-12-. The first kappa shape index (κ1) is 21.3. The molecule has 0 spiro atoms. The van der Waals surface area contributed by atoms with Crippen LogP contribution in [0.25, 0.3) is 33.4 Å². The second-order valence-corrected chi connectivity index (χ2v) is 7.52. The summed E-state index contributed by atoms with van der Waals surface area (Å²) >= 11 is 1.39. The monoisotopic (exact) mass is 451 g/mol. The fourth-order valence-electron chi connectivity index (χ4n) is 2.98. The Kier molecular flexibility index (Phi) is 6.14. The average molecular weight is 451 g/mol. The molecule has 7 nitrogen and oxygen atoms in total. The van der Waals surface area contributed by atoms with Gasteiger partial charge in [-0.15, -0.1) is 17.8 Å². The number of hydrogen-bond donors (Lipinski definition) is 0. The van der Waals surface area contributed by atoms with Gasteiger partial charge in [0.2, 0.25) is 0 Å². The topological polar surface area (TPSA) is 116 Å². The van der Waals surface area contributed by atoms with Crippen LogP contribution < -0.4 is 9.47 Å². The van der Waals surface area contributed by atoms with Crippen LogP contribution in [0.1, 0.15) is 11.5 Å². The molecule has 0 unspecified atom stereocenters. The Morgan fingerprint density at radius 1 is 0.848 bits per heavy atom. The van der Waals surface area contributed by atoms with Gasteiger partial charge in [0.15, 0.2) is 11.5 Å². The quantitative estimate of drug-likeness (QED) is 0.283. The number of thiophene rings is 1. The lowest BCUT2D eigenvalue weighted by Gasteiger charge is -2.16. The zero-order valence-corrected chi connectivity index (χ0v) is 17.8. The molecule has 0 N–H and O–H groups in total. The van der Waals surface area contributed by atoms with Gasteiger partial charge in [0.05, 0.1) is 0 Å². The molecule has 1 aliphatic heterocycles. The molecule has 0 radical (unpaired) electrons. The molecule has 0 bridgehead atoms. The van der Waals surface area contributed by atoms with Crippen molar-refractivity contribution in [3.05, 3.63) is 59.1 Å². The molecule has 0 atom stereocenters. The van der Waals surface area contributed by atoms with Crippen LogP contribution in [-0.2, 0) is 0 Å². The fraction of sp³-hybridized carbons (Fsp3) is 0.0800. The van der Waals surface area contributed by atoms with Crippen LogP contribution >= 0.6 is 11.3 Å². The minimum Gasteiger partial charge on any atom is -0.484 e. The zero-order valence-electron chi connectivity index (χ0n) is 17.0. The van der Waals surface area contributed by atoms with Crippen molar-refractivity contribution in [2.45, 2.75) is 0 Å². The van der Waals surface area contributed by atoms with Crippen molar-refractivity contribution in [3.63, 3.8) is 0 Å². The van der Waals surface area contributed by atoms with E-state index in [0.29, 0.717) is 47.8 Å². The minimum atomic E-state index is -0.00246. The highest BCUT2D eigenvalue weighted by Gasteiger charge is 2.29. The summed E-state index contributed by atoms with van der Waals surface area (Å²) in [5.74, 6) is 5.54. The van der Waals surface area contributed by atoms with E-state index in [1.54, 1.807) is 48.6 Å². The molecule has 0 aromatic carbocycles. The van der Waals surface area contributed by atoms with Gasteiger partial charge in [-0.1, -0.05) is 12.0 Å². The summed E-state index contributed by atoms with van der Waals surface area (Å²) < 4.78 is 23.5. The lowest BCUT2D eigenvalue weighted by atomic mass is 10.2. The van der Waals surface area contributed by atoms with Crippen molar-refractivity contribution >= 4 is 23.5 Å². The molecular weight excluding hydrogens is 438 g/mol. The number of rotatable bonds is 5. The number of terminal acetylenes is 1. The molecule has 3 aromatic rings. The Morgan fingerprint density at radius 2 is 1.42 bits per heavy atom. The normalized spacial score (nSPS) is 12.4. The highest BCUT2D eigenvalue weighted by molar-refractivity contribution is 7.19. The summed E-state index contributed by atoms with van der Waals surface area (Å²) in [6, 6.07) is 12.6. The van der Waals surface area contributed by atoms with Gasteiger partial charge in [-0.3, -0.25) is 0 Å². The maximum absolute atomic E-state index is 9.02. The van der Waals surface area contributed by atoms with E-state index in [-0.39, 0.29) is 11.1 Å². The second kappa shape index (κ2) is 9.50. The van der Waals surface area contributed by atoms with Crippen molar-refractivity contribution < 1.29 is 18.3 Å². The number of fused-ring (bicyclic) bond motifs is 1.